The Hall–Kier alpha value is -2.56. The van der Waals surface area contributed by atoms with Gasteiger partial charge in [-0.25, -0.2) is 0 Å². The summed E-state index contributed by atoms with van der Waals surface area (Å²) < 4.78 is 0. The minimum absolute atomic E-state index is 0.247. The predicted molar refractivity (Wildman–Crippen MR) is 107 cm³/mol. The van der Waals surface area contributed by atoms with Crippen molar-refractivity contribution < 1.29 is 9.59 Å². The fourth-order valence-corrected chi connectivity index (χ4v) is 3.83. The lowest BCUT2D eigenvalue weighted by atomic mass is 10.1. The number of carbonyl (C=O) groups is 2. The molecule has 26 heavy (non-hydrogen) atoms. The van der Waals surface area contributed by atoms with Gasteiger partial charge >= 0.3 is 0 Å². The van der Waals surface area contributed by atoms with Crippen LogP contribution >= 0.6 is 23.4 Å². The SMILES string of the molecule is O=C1S/C(=C\c2ccc(Cl)cc2)C(=O)N1Cc1ccc2ccccc2c1. The third-order valence-corrected chi connectivity index (χ3v) is 5.36. The van der Waals surface area contributed by atoms with Gasteiger partial charge < -0.3 is 0 Å². The summed E-state index contributed by atoms with van der Waals surface area (Å²) in [6, 6.07) is 21.1. The third kappa shape index (κ3) is 3.39. The van der Waals surface area contributed by atoms with Crippen LogP contribution in [-0.2, 0) is 11.3 Å². The van der Waals surface area contributed by atoms with E-state index in [0.717, 1.165) is 33.7 Å². The lowest BCUT2D eigenvalue weighted by molar-refractivity contribution is -0.123. The first-order chi connectivity index (χ1) is 12.6. The topological polar surface area (TPSA) is 37.4 Å². The zero-order valence-electron chi connectivity index (χ0n) is 13.7. The predicted octanol–water partition coefficient (Wildman–Crippen LogP) is 5.73. The molecular weight excluding hydrogens is 366 g/mol. The third-order valence-electron chi connectivity index (χ3n) is 4.20. The number of carbonyl (C=O) groups excluding carboxylic acids is 2. The second-order valence-electron chi connectivity index (χ2n) is 6.00. The van der Waals surface area contributed by atoms with E-state index in [4.69, 9.17) is 11.6 Å². The molecule has 3 nitrogen and oxygen atoms in total. The van der Waals surface area contributed by atoms with Crippen LogP contribution in [-0.4, -0.2) is 16.0 Å². The smallest absolute Gasteiger partial charge is 0.268 e. The second-order valence-corrected chi connectivity index (χ2v) is 7.43. The van der Waals surface area contributed by atoms with Crippen LogP contribution in [0.25, 0.3) is 16.8 Å². The van der Waals surface area contributed by atoms with Crippen molar-refractivity contribution in [3.63, 3.8) is 0 Å². The van der Waals surface area contributed by atoms with Crippen molar-refractivity contribution in [3.05, 3.63) is 87.8 Å². The summed E-state index contributed by atoms with van der Waals surface area (Å²) in [5.41, 5.74) is 1.77. The minimum atomic E-state index is -0.261. The Morgan fingerprint density at radius 2 is 1.65 bits per heavy atom. The Kier molecular flexibility index (Phi) is 4.53. The minimum Gasteiger partial charge on any atom is -0.268 e. The Balaban J connectivity index is 1.57. The molecule has 3 aromatic carbocycles. The van der Waals surface area contributed by atoms with E-state index in [2.05, 4.69) is 0 Å². The Morgan fingerprint density at radius 1 is 0.923 bits per heavy atom. The van der Waals surface area contributed by atoms with Crippen LogP contribution < -0.4 is 0 Å². The Labute approximate surface area is 160 Å². The zero-order valence-corrected chi connectivity index (χ0v) is 15.3. The van der Waals surface area contributed by atoms with Gasteiger partial charge in [-0.15, -0.1) is 0 Å². The van der Waals surface area contributed by atoms with E-state index in [1.165, 1.54) is 4.90 Å². The summed E-state index contributed by atoms with van der Waals surface area (Å²) in [4.78, 5) is 26.7. The van der Waals surface area contributed by atoms with Gasteiger partial charge in [0.25, 0.3) is 11.1 Å². The van der Waals surface area contributed by atoms with Gasteiger partial charge in [-0.05, 0) is 57.9 Å². The number of fused-ring (bicyclic) bond motifs is 1. The molecule has 0 aliphatic carbocycles. The molecule has 4 rings (SSSR count). The molecule has 0 saturated carbocycles. The maximum Gasteiger partial charge on any atom is 0.293 e. The molecule has 0 N–H and O–H groups in total. The van der Waals surface area contributed by atoms with Crippen LogP contribution in [0.15, 0.2) is 71.6 Å². The van der Waals surface area contributed by atoms with Crippen LogP contribution in [0, 0.1) is 0 Å². The van der Waals surface area contributed by atoms with E-state index in [1.54, 1.807) is 18.2 Å². The molecule has 0 unspecified atom stereocenters. The highest BCUT2D eigenvalue weighted by molar-refractivity contribution is 8.18. The first-order valence-corrected chi connectivity index (χ1v) is 9.28. The average Bonchev–Trinajstić information content (AvgIpc) is 2.91. The van der Waals surface area contributed by atoms with Crippen LogP contribution in [0.5, 0.6) is 0 Å². The summed E-state index contributed by atoms with van der Waals surface area (Å²) >= 11 is 6.85. The molecule has 1 fully saturated rings. The maximum absolute atomic E-state index is 12.6. The van der Waals surface area contributed by atoms with Crippen molar-refractivity contribution in [1.29, 1.82) is 0 Å². The number of amides is 2. The molecule has 0 aromatic heterocycles. The number of halogens is 1. The van der Waals surface area contributed by atoms with Crippen LogP contribution in [0.2, 0.25) is 5.02 Å². The van der Waals surface area contributed by atoms with E-state index in [-0.39, 0.29) is 17.7 Å². The van der Waals surface area contributed by atoms with Crippen molar-refractivity contribution in [2.24, 2.45) is 0 Å². The fourth-order valence-electron chi connectivity index (χ4n) is 2.87. The van der Waals surface area contributed by atoms with E-state index < -0.39 is 0 Å². The van der Waals surface area contributed by atoms with E-state index in [9.17, 15) is 9.59 Å². The van der Waals surface area contributed by atoms with Crippen LogP contribution in [0.1, 0.15) is 11.1 Å². The molecule has 0 radical (unpaired) electrons. The molecule has 0 bridgehead atoms. The monoisotopic (exact) mass is 379 g/mol. The van der Waals surface area contributed by atoms with Gasteiger partial charge in [-0.2, -0.15) is 0 Å². The quantitative estimate of drug-likeness (QED) is 0.545. The van der Waals surface area contributed by atoms with Gasteiger partial charge in [0, 0.05) is 5.02 Å². The maximum atomic E-state index is 12.6. The highest BCUT2D eigenvalue weighted by Gasteiger charge is 2.34. The lowest BCUT2D eigenvalue weighted by Gasteiger charge is -2.13. The number of hydrogen-bond acceptors (Lipinski definition) is 3. The van der Waals surface area contributed by atoms with Crippen molar-refractivity contribution in [2.75, 3.05) is 0 Å². The average molecular weight is 380 g/mol. The van der Waals surface area contributed by atoms with Crippen molar-refractivity contribution in [2.45, 2.75) is 6.54 Å². The molecule has 3 aromatic rings. The first kappa shape index (κ1) is 16.9. The highest BCUT2D eigenvalue weighted by atomic mass is 35.5. The van der Waals surface area contributed by atoms with Gasteiger partial charge in [0.15, 0.2) is 0 Å². The standard InChI is InChI=1S/C21H14ClNO2S/c22-18-9-6-14(7-10-18)12-19-20(24)23(21(25)26-19)13-15-5-8-16-3-1-2-4-17(16)11-15/h1-12H,13H2/b19-12-. The normalized spacial score (nSPS) is 16.0. The molecule has 1 heterocycles. The van der Waals surface area contributed by atoms with Crippen molar-refractivity contribution in [1.82, 2.24) is 4.90 Å². The summed E-state index contributed by atoms with van der Waals surface area (Å²) in [5.74, 6) is -0.261. The number of imide groups is 1. The largest absolute Gasteiger partial charge is 0.293 e. The molecule has 128 valence electrons. The number of thioether (sulfide) groups is 1. The molecule has 5 heteroatoms. The lowest BCUT2D eigenvalue weighted by Crippen LogP contribution is -2.27. The number of rotatable bonds is 3. The van der Waals surface area contributed by atoms with E-state index in [0.29, 0.717) is 9.93 Å². The molecule has 2 amide bonds. The molecule has 1 aliphatic rings. The summed E-state index contributed by atoms with van der Waals surface area (Å²) in [6.07, 6.45) is 1.72. The molecule has 1 saturated heterocycles. The van der Waals surface area contributed by atoms with Gasteiger partial charge in [-0.3, -0.25) is 14.5 Å². The molecule has 0 atom stereocenters. The molecule has 0 spiro atoms. The van der Waals surface area contributed by atoms with Crippen molar-refractivity contribution >= 4 is 51.4 Å². The zero-order chi connectivity index (χ0) is 18.1. The summed E-state index contributed by atoms with van der Waals surface area (Å²) in [7, 11) is 0. The fraction of sp³-hybridized carbons (Fsp3) is 0.0476. The second kappa shape index (κ2) is 6.98. The van der Waals surface area contributed by atoms with Crippen LogP contribution in [0.4, 0.5) is 4.79 Å². The molecular formula is C21H14ClNO2S. The van der Waals surface area contributed by atoms with Gasteiger partial charge in [0.2, 0.25) is 0 Å². The van der Waals surface area contributed by atoms with Gasteiger partial charge in [0.1, 0.15) is 0 Å². The summed E-state index contributed by atoms with van der Waals surface area (Å²) in [6.45, 7) is 0.271. The van der Waals surface area contributed by atoms with E-state index in [1.807, 2.05) is 54.6 Å². The van der Waals surface area contributed by atoms with E-state index >= 15 is 0 Å². The first-order valence-electron chi connectivity index (χ1n) is 8.09. The number of hydrogen-bond donors (Lipinski definition) is 0. The Morgan fingerprint density at radius 3 is 2.42 bits per heavy atom. The molecule has 1 aliphatic heterocycles. The number of nitrogens with zero attached hydrogens (tertiary/aromatic N) is 1. The van der Waals surface area contributed by atoms with Crippen molar-refractivity contribution in [3.8, 4) is 0 Å². The van der Waals surface area contributed by atoms with Gasteiger partial charge in [-0.1, -0.05) is 60.1 Å². The van der Waals surface area contributed by atoms with Gasteiger partial charge in [0.05, 0.1) is 11.4 Å². The Bertz CT molecular complexity index is 1040. The number of benzene rings is 3. The van der Waals surface area contributed by atoms with Crippen LogP contribution in [0.3, 0.4) is 0 Å². The highest BCUT2D eigenvalue weighted by Crippen LogP contribution is 2.33. The summed E-state index contributed by atoms with van der Waals surface area (Å²) in [5, 5.41) is 2.61.